The Bertz CT molecular complexity index is 1530. The normalized spacial score (nSPS) is 16.7. The molecule has 294 valence electrons. The van der Waals surface area contributed by atoms with Crippen LogP contribution in [0.2, 0.25) is 0 Å². The summed E-state index contributed by atoms with van der Waals surface area (Å²) in [6, 6.07) is 28.5. The Morgan fingerprint density at radius 3 is 1.96 bits per heavy atom. The zero-order valence-corrected chi connectivity index (χ0v) is 34.5. The minimum Gasteiger partial charge on any atom is -0.497 e. The predicted molar refractivity (Wildman–Crippen MR) is 215 cm³/mol. The van der Waals surface area contributed by atoms with E-state index >= 15 is 0 Å². The lowest BCUT2D eigenvalue weighted by atomic mass is 9.80. The number of nitriles is 1. The summed E-state index contributed by atoms with van der Waals surface area (Å²) in [7, 11) is 5.99. The molecule has 1 heterocycles. The van der Waals surface area contributed by atoms with Crippen molar-refractivity contribution in [2.24, 2.45) is 0 Å². The molecule has 10 nitrogen and oxygen atoms in total. The van der Waals surface area contributed by atoms with Crippen LogP contribution in [-0.2, 0) is 24.2 Å². The van der Waals surface area contributed by atoms with E-state index in [9.17, 15) is 10.1 Å². The molecule has 1 aliphatic heterocycles. The van der Waals surface area contributed by atoms with E-state index in [-0.39, 0.29) is 49.8 Å². The molecule has 0 aromatic heterocycles. The first-order chi connectivity index (χ1) is 26.0. The van der Waals surface area contributed by atoms with Gasteiger partial charge in [-0.3, -0.25) is 4.79 Å². The number of carbonyl (C=O) groups is 1. The highest BCUT2D eigenvalue weighted by Crippen LogP contribution is 2.49. The van der Waals surface area contributed by atoms with Crippen LogP contribution in [-0.4, -0.2) is 99.2 Å². The van der Waals surface area contributed by atoms with E-state index < -0.39 is 14.1 Å². The van der Waals surface area contributed by atoms with E-state index in [1.807, 2.05) is 71.6 Å². The summed E-state index contributed by atoms with van der Waals surface area (Å²) in [5.41, 5.74) is 1.81. The number of amides is 1. The van der Waals surface area contributed by atoms with Crippen molar-refractivity contribution in [3.05, 3.63) is 95.6 Å². The van der Waals surface area contributed by atoms with Gasteiger partial charge in [-0.05, 0) is 109 Å². The Labute approximate surface area is 325 Å². The fourth-order valence-electron chi connectivity index (χ4n) is 7.16. The molecule has 0 radical (unpaired) electrons. The first-order valence-electron chi connectivity index (χ1n) is 19.2. The third kappa shape index (κ3) is 11.5. The zero-order chi connectivity index (χ0) is 39.1. The van der Waals surface area contributed by atoms with Crippen molar-refractivity contribution in [1.82, 2.24) is 14.5 Å². The van der Waals surface area contributed by atoms with Crippen LogP contribution in [0.5, 0.6) is 11.5 Å². The van der Waals surface area contributed by atoms with Gasteiger partial charge in [0.1, 0.15) is 17.1 Å². The van der Waals surface area contributed by atoms with Crippen molar-refractivity contribution >= 4 is 14.4 Å². The molecule has 1 saturated heterocycles. The maximum Gasteiger partial charge on any atom is 0.259 e. The Hall–Kier alpha value is -3.55. The first kappa shape index (κ1) is 43.2. The zero-order valence-electron chi connectivity index (χ0n) is 33.6. The number of hydrogen-bond donors (Lipinski definition) is 0. The summed E-state index contributed by atoms with van der Waals surface area (Å²) in [6.07, 6.45) is 3.93. The van der Waals surface area contributed by atoms with Crippen molar-refractivity contribution < 1.29 is 28.1 Å². The molecule has 0 spiro atoms. The van der Waals surface area contributed by atoms with Crippen molar-refractivity contribution in [3.63, 3.8) is 0 Å². The molecule has 11 heteroatoms. The Morgan fingerprint density at radius 2 is 1.44 bits per heavy atom. The molecule has 54 heavy (non-hydrogen) atoms. The van der Waals surface area contributed by atoms with Crippen LogP contribution < -0.4 is 9.47 Å². The Balaban J connectivity index is 1.71. The molecule has 3 aromatic rings. The predicted octanol–water partition coefficient (Wildman–Crippen LogP) is 8.40. The monoisotopic (exact) mass is 760 g/mol. The Kier molecular flexibility index (Phi) is 17.2. The van der Waals surface area contributed by atoms with Crippen molar-refractivity contribution in [2.45, 2.75) is 96.1 Å². The highest BCUT2D eigenvalue weighted by Gasteiger charge is 2.43. The van der Waals surface area contributed by atoms with E-state index in [1.165, 1.54) is 0 Å². The molecular weight excluding hydrogens is 699 g/mol. The fraction of sp³-hybridized carbons (Fsp3) is 0.535. The van der Waals surface area contributed by atoms with Gasteiger partial charge in [0.25, 0.3) is 8.53 Å². The summed E-state index contributed by atoms with van der Waals surface area (Å²) in [6.45, 7) is 10.5. The van der Waals surface area contributed by atoms with E-state index in [1.54, 1.807) is 14.2 Å². The van der Waals surface area contributed by atoms with Crippen molar-refractivity contribution in [2.75, 3.05) is 54.6 Å². The van der Waals surface area contributed by atoms with E-state index in [0.29, 0.717) is 19.4 Å². The van der Waals surface area contributed by atoms with Gasteiger partial charge in [-0.1, -0.05) is 61.0 Å². The minimum atomic E-state index is -1.48. The molecule has 1 aliphatic rings. The van der Waals surface area contributed by atoms with Gasteiger partial charge < -0.3 is 33.1 Å². The highest BCUT2D eigenvalue weighted by atomic mass is 31.2. The number of nitrogens with zero attached hydrogens (tertiary/aromatic N) is 4. The third-order valence-corrected chi connectivity index (χ3v) is 11.9. The van der Waals surface area contributed by atoms with Crippen molar-refractivity contribution in [1.29, 1.82) is 5.26 Å². The van der Waals surface area contributed by atoms with Gasteiger partial charge in [-0.15, -0.1) is 0 Å². The maximum absolute atomic E-state index is 14.1. The van der Waals surface area contributed by atoms with Crippen LogP contribution in [0.1, 0.15) is 82.9 Å². The Morgan fingerprint density at radius 1 is 0.870 bits per heavy atom. The second-order valence-corrected chi connectivity index (χ2v) is 16.0. The lowest BCUT2D eigenvalue weighted by Crippen LogP contribution is -2.42. The first-order valence-corrected chi connectivity index (χ1v) is 20.3. The van der Waals surface area contributed by atoms with E-state index in [4.69, 9.17) is 23.3 Å². The van der Waals surface area contributed by atoms with Gasteiger partial charge in [-0.25, -0.2) is 4.67 Å². The molecule has 0 aliphatic carbocycles. The van der Waals surface area contributed by atoms with E-state index in [0.717, 1.165) is 54.0 Å². The molecule has 1 unspecified atom stereocenters. The van der Waals surface area contributed by atoms with Gasteiger partial charge >= 0.3 is 0 Å². The number of methoxy groups -OCH3 is 2. The number of rotatable bonds is 22. The largest absolute Gasteiger partial charge is 0.497 e. The average molecular weight is 761 g/mol. The van der Waals surface area contributed by atoms with Gasteiger partial charge in [0.2, 0.25) is 5.91 Å². The lowest BCUT2D eigenvalue weighted by Gasteiger charge is -2.38. The molecule has 1 fully saturated rings. The summed E-state index contributed by atoms with van der Waals surface area (Å²) >= 11 is 0. The second kappa shape index (κ2) is 21.5. The molecular formula is C43H61N4O6P. The van der Waals surface area contributed by atoms with E-state index in [2.05, 4.69) is 69.6 Å². The van der Waals surface area contributed by atoms with Crippen LogP contribution >= 0.6 is 8.53 Å². The van der Waals surface area contributed by atoms with Gasteiger partial charge in [0.15, 0.2) is 0 Å². The number of ether oxygens (including phenoxy) is 3. The topological polar surface area (TPSA) is 96.7 Å². The summed E-state index contributed by atoms with van der Waals surface area (Å²) in [5.74, 6) is 1.61. The summed E-state index contributed by atoms with van der Waals surface area (Å²) < 4.78 is 33.8. The molecule has 3 aromatic carbocycles. The van der Waals surface area contributed by atoms with Gasteiger partial charge in [0, 0.05) is 25.0 Å². The minimum absolute atomic E-state index is 0.109. The molecule has 0 N–H and O–H groups in total. The van der Waals surface area contributed by atoms with Crippen molar-refractivity contribution in [3.8, 4) is 17.6 Å². The maximum atomic E-state index is 14.1. The summed E-state index contributed by atoms with van der Waals surface area (Å²) in [5, 5.41) is 9.26. The standard InChI is InChI=1S/C43H61N4O6P/c1-33(2)47(34(3)4)54(52-29-15-27-44)53-41-30-38(46(31-41)42(48)18-13-10-14-28-45(5)6)32-51-43(35-16-11-9-12-17-35,36-19-23-39(49-7)24-20-36)37-21-25-40(50-8)26-22-37/h9,11-12,16-17,19-26,33-34,38,41H,10,13-15,18,28-32H2,1-8H3/t38-,41+,54?/m0/s1. The number of unbranched alkanes of at least 4 members (excludes halogenated alkanes) is 2. The highest BCUT2D eigenvalue weighted by molar-refractivity contribution is 7.44. The number of benzene rings is 3. The molecule has 0 bridgehead atoms. The SMILES string of the molecule is COc1ccc(C(OC[C@@H]2C[C@@H](OP(OCCC#N)N(C(C)C)C(C)C)CN2C(=O)CCCCCN(C)C)(c2ccccc2)c2ccc(OC)cc2)cc1. The van der Waals surface area contributed by atoms with Gasteiger partial charge in [-0.2, -0.15) is 5.26 Å². The molecule has 3 atom stereocenters. The number of carbonyl (C=O) groups excluding carboxylic acids is 1. The summed E-state index contributed by atoms with van der Waals surface area (Å²) in [4.78, 5) is 18.3. The lowest BCUT2D eigenvalue weighted by molar-refractivity contribution is -0.134. The quantitative estimate of drug-likeness (QED) is 0.0569. The molecule has 0 saturated carbocycles. The smallest absolute Gasteiger partial charge is 0.259 e. The molecule has 4 rings (SSSR count). The van der Waals surface area contributed by atoms with Crippen LogP contribution in [0.4, 0.5) is 0 Å². The average Bonchev–Trinajstić information content (AvgIpc) is 3.58. The fourth-order valence-corrected chi connectivity index (χ4v) is 8.87. The molecule has 1 amide bonds. The van der Waals surface area contributed by atoms with Gasteiger partial charge in [0.05, 0.1) is 52.1 Å². The van der Waals surface area contributed by atoms with Crippen LogP contribution in [0.3, 0.4) is 0 Å². The van der Waals surface area contributed by atoms with Crippen LogP contribution in [0.15, 0.2) is 78.9 Å². The van der Waals surface area contributed by atoms with Crippen LogP contribution in [0, 0.1) is 11.3 Å². The second-order valence-electron chi connectivity index (χ2n) is 14.6. The van der Waals surface area contributed by atoms with Crippen LogP contribution in [0.25, 0.3) is 0 Å². The number of hydrogen-bond acceptors (Lipinski definition) is 9. The number of likely N-dealkylation sites (tertiary alicyclic amines) is 1. The third-order valence-electron chi connectivity index (χ3n) is 9.76.